The standard InChI is InChI=1S/C19H23BF5N3O3S.H2S/c1-12-11-27(13-6-8-14(9-7-13)32(21,22,23,24)25)17(29)16-15(10-26-28(12)16)20-30-18(2,3)19(4,5)31-20;/h6-10,12H,11H2,1-5H3;1H2/t12-;/m0./s1. The molecule has 2 aliphatic heterocycles. The maximum atomic E-state index is 13.3. The quantitative estimate of drug-likeness (QED) is 0.420. The monoisotopic (exact) mass is 513 g/mol. The highest BCUT2D eigenvalue weighted by Gasteiger charge is 2.65. The van der Waals surface area contributed by atoms with Gasteiger partial charge in [0.1, 0.15) is 10.6 Å². The van der Waals surface area contributed by atoms with E-state index < -0.39 is 39.3 Å². The van der Waals surface area contributed by atoms with E-state index >= 15 is 0 Å². The number of rotatable bonds is 3. The Bertz CT molecular complexity index is 1090. The highest BCUT2D eigenvalue weighted by molar-refractivity contribution is 8.45. The predicted molar refractivity (Wildman–Crippen MR) is 123 cm³/mol. The average Bonchev–Trinajstić information content (AvgIpc) is 3.16. The minimum atomic E-state index is -9.80. The topological polar surface area (TPSA) is 56.6 Å². The maximum Gasteiger partial charge on any atom is 0.498 e. The number of hydrogen-bond acceptors (Lipinski definition) is 4. The van der Waals surface area contributed by atoms with E-state index in [0.29, 0.717) is 17.6 Å². The van der Waals surface area contributed by atoms with Crippen molar-refractivity contribution in [2.24, 2.45) is 0 Å². The van der Waals surface area contributed by atoms with Crippen LogP contribution in [0, 0.1) is 0 Å². The van der Waals surface area contributed by atoms with Gasteiger partial charge in [0.25, 0.3) is 5.91 Å². The zero-order chi connectivity index (χ0) is 24.0. The van der Waals surface area contributed by atoms with Gasteiger partial charge in [0.05, 0.1) is 17.2 Å². The Hall–Kier alpha value is -1.77. The second kappa shape index (κ2) is 6.89. The van der Waals surface area contributed by atoms with E-state index in [1.807, 2.05) is 27.7 Å². The van der Waals surface area contributed by atoms with Crippen molar-refractivity contribution in [2.75, 3.05) is 11.4 Å². The van der Waals surface area contributed by atoms with E-state index in [0.717, 1.165) is 12.1 Å². The SMILES string of the molecule is C[C@H]1CN(c2ccc(S(F)(F)(F)(F)F)cc2)C(=O)c2c(B3OC(C)(C)C(C)(C)O3)cnn21.S. The Morgan fingerprint density at radius 2 is 1.55 bits per heavy atom. The molecule has 0 spiro atoms. The molecule has 0 saturated carbocycles. The van der Waals surface area contributed by atoms with Crippen LogP contribution in [0.4, 0.5) is 25.1 Å². The summed E-state index contributed by atoms with van der Waals surface area (Å²) in [7, 11) is -10.7. The van der Waals surface area contributed by atoms with E-state index in [1.165, 1.54) is 15.8 Å². The molecule has 0 N–H and O–H groups in total. The first kappa shape index (κ1) is 25.9. The van der Waals surface area contributed by atoms with Gasteiger partial charge in [-0.1, -0.05) is 19.4 Å². The molecule has 1 atom stereocenters. The van der Waals surface area contributed by atoms with Crippen molar-refractivity contribution in [3.05, 3.63) is 36.2 Å². The molecule has 2 aliphatic rings. The van der Waals surface area contributed by atoms with Crippen LogP contribution in [0.3, 0.4) is 0 Å². The maximum absolute atomic E-state index is 13.3. The lowest BCUT2D eigenvalue weighted by Crippen LogP contribution is -2.47. The highest BCUT2D eigenvalue weighted by Crippen LogP contribution is 3.02. The highest BCUT2D eigenvalue weighted by atomic mass is 32.5. The molecule has 33 heavy (non-hydrogen) atoms. The Morgan fingerprint density at radius 3 is 2.03 bits per heavy atom. The summed E-state index contributed by atoms with van der Waals surface area (Å²) in [5.74, 6) is -0.537. The molecule has 1 aromatic heterocycles. The normalized spacial score (nSPS) is 24.1. The van der Waals surface area contributed by atoms with Crippen LogP contribution in [-0.2, 0) is 9.31 Å². The molecule has 2 aromatic rings. The van der Waals surface area contributed by atoms with Gasteiger partial charge in [-0.25, -0.2) is 0 Å². The molecule has 1 saturated heterocycles. The van der Waals surface area contributed by atoms with E-state index in [9.17, 15) is 24.2 Å². The zero-order valence-corrected chi connectivity index (χ0v) is 20.4. The van der Waals surface area contributed by atoms with Crippen LogP contribution in [-0.4, -0.2) is 40.6 Å². The number of halogens is 5. The molecule has 0 radical (unpaired) electrons. The number of benzene rings is 1. The molecule has 1 aromatic carbocycles. The Labute approximate surface area is 195 Å². The lowest BCUT2D eigenvalue weighted by molar-refractivity contribution is 0.00578. The Morgan fingerprint density at radius 1 is 1.03 bits per heavy atom. The first-order valence-electron chi connectivity index (χ1n) is 9.90. The molecule has 3 heterocycles. The van der Waals surface area contributed by atoms with Crippen molar-refractivity contribution in [3.8, 4) is 0 Å². The summed E-state index contributed by atoms with van der Waals surface area (Å²) < 4.78 is 78.8. The summed E-state index contributed by atoms with van der Waals surface area (Å²) in [5, 5.41) is 4.29. The number of fused-ring (bicyclic) bond motifs is 1. The van der Waals surface area contributed by atoms with Crippen molar-refractivity contribution >= 4 is 47.9 Å². The summed E-state index contributed by atoms with van der Waals surface area (Å²) in [4.78, 5) is 12.6. The average molecular weight is 513 g/mol. The van der Waals surface area contributed by atoms with Crippen LogP contribution in [0.1, 0.15) is 51.1 Å². The molecule has 4 rings (SSSR count). The van der Waals surface area contributed by atoms with Crippen LogP contribution in [0.2, 0.25) is 0 Å². The molecule has 14 heteroatoms. The molecule has 0 bridgehead atoms. The predicted octanol–water partition coefficient (Wildman–Crippen LogP) is 5.17. The van der Waals surface area contributed by atoms with Gasteiger partial charge in [0, 0.05) is 23.9 Å². The lowest BCUT2D eigenvalue weighted by Gasteiger charge is -2.40. The van der Waals surface area contributed by atoms with E-state index in [1.54, 1.807) is 6.92 Å². The number of carbonyl (C=O) groups is 1. The second-order valence-electron chi connectivity index (χ2n) is 9.21. The van der Waals surface area contributed by atoms with Crippen LogP contribution in [0.5, 0.6) is 0 Å². The lowest BCUT2D eigenvalue weighted by atomic mass is 9.78. The van der Waals surface area contributed by atoms with Crippen molar-refractivity contribution < 1.29 is 33.5 Å². The fourth-order valence-electron chi connectivity index (χ4n) is 3.73. The minimum Gasteiger partial charge on any atom is -0.399 e. The third-order valence-corrected chi connectivity index (χ3v) is 7.40. The minimum absolute atomic E-state index is 0. The van der Waals surface area contributed by atoms with Gasteiger partial charge < -0.3 is 14.2 Å². The van der Waals surface area contributed by atoms with Gasteiger partial charge >= 0.3 is 17.3 Å². The Balaban J connectivity index is 0.00000306. The van der Waals surface area contributed by atoms with Crippen molar-refractivity contribution in [1.82, 2.24) is 9.78 Å². The largest absolute Gasteiger partial charge is 0.498 e. The summed E-state index contributed by atoms with van der Waals surface area (Å²) in [5.41, 5.74) is -0.666. The molecule has 0 unspecified atom stereocenters. The van der Waals surface area contributed by atoms with E-state index in [4.69, 9.17) is 9.31 Å². The van der Waals surface area contributed by atoms with Crippen LogP contribution < -0.4 is 10.4 Å². The molecule has 6 nitrogen and oxygen atoms in total. The third kappa shape index (κ3) is 4.37. The van der Waals surface area contributed by atoms with E-state index in [-0.39, 0.29) is 37.5 Å². The molecular weight excluding hydrogens is 488 g/mol. The van der Waals surface area contributed by atoms with Gasteiger partial charge in [-0.05, 0) is 58.9 Å². The summed E-state index contributed by atoms with van der Waals surface area (Å²) in [6.07, 6.45) is 1.48. The van der Waals surface area contributed by atoms with Crippen LogP contribution in [0.15, 0.2) is 35.4 Å². The van der Waals surface area contributed by atoms with Gasteiger partial charge in [-0.2, -0.15) is 18.6 Å². The van der Waals surface area contributed by atoms with Crippen molar-refractivity contribution in [1.29, 1.82) is 0 Å². The fraction of sp³-hybridized carbons (Fsp3) is 0.474. The Kier molecular flexibility index (Phi) is 5.40. The molecule has 1 fully saturated rings. The molecule has 0 aliphatic carbocycles. The number of carbonyl (C=O) groups excluding carboxylic acids is 1. The number of anilines is 1. The molecular formula is C19H25BF5N3O3S2. The van der Waals surface area contributed by atoms with Gasteiger partial charge in [0.15, 0.2) is 0 Å². The first-order chi connectivity index (χ1) is 14.3. The van der Waals surface area contributed by atoms with Crippen molar-refractivity contribution in [3.63, 3.8) is 0 Å². The number of aromatic nitrogens is 2. The summed E-state index contributed by atoms with van der Waals surface area (Å²) in [6, 6.07) is 2.02. The third-order valence-electron chi connectivity index (χ3n) is 6.24. The molecule has 184 valence electrons. The van der Waals surface area contributed by atoms with Gasteiger partial charge in [0.2, 0.25) is 0 Å². The smallest absolute Gasteiger partial charge is 0.399 e. The van der Waals surface area contributed by atoms with Gasteiger partial charge in [-0.15, -0.1) is 0 Å². The van der Waals surface area contributed by atoms with E-state index in [2.05, 4.69) is 5.10 Å². The van der Waals surface area contributed by atoms with Gasteiger partial charge in [-0.3, -0.25) is 9.48 Å². The van der Waals surface area contributed by atoms with Crippen molar-refractivity contribution in [2.45, 2.75) is 56.8 Å². The molecule has 1 amide bonds. The fourth-order valence-corrected chi connectivity index (χ4v) is 4.38. The number of hydrogen-bond donors (Lipinski definition) is 0. The summed E-state index contributed by atoms with van der Waals surface area (Å²) >= 11 is 0. The van der Waals surface area contributed by atoms with Crippen LogP contribution in [0.25, 0.3) is 0 Å². The second-order valence-corrected chi connectivity index (χ2v) is 11.6. The number of amides is 1. The number of nitrogens with zero attached hydrogens (tertiary/aromatic N) is 3. The first-order valence-corrected chi connectivity index (χ1v) is 11.8. The summed E-state index contributed by atoms with van der Waals surface area (Å²) in [6.45, 7) is 9.33. The zero-order valence-electron chi connectivity index (χ0n) is 18.6. The van der Waals surface area contributed by atoms with Crippen LogP contribution >= 0.6 is 23.7 Å².